The molecule has 0 saturated heterocycles. The highest BCUT2D eigenvalue weighted by molar-refractivity contribution is 7.85. The van der Waals surface area contributed by atoms with E-state index in [0.717, 1.165) is 32.2 Å². The highest BCUT2D eigenvalue weighted by Gasteiger charge is 2.26. The van der Waals surface area contributed by atoms with Crippen LogP contribution in [0.25, 0.3) is 0 Å². The van der Waals surface area contributed by atoms with Crippen LogP contribution < -0.4 is 0 Å². The predicted octanol–water partition coefficient (Wildman–Crippen LogP) is 0.423. The van der Waals surface area contributed by atoms with Crippen LogP contribution in [0.15, 0.2) is 0 Å². The van der Waals surface area contributed by atoms with Crippen molar-refractivity contribution in [1.29, 1.82) is 0 Å². The molecule has 28 heavy (non-hydrogen) atoms. The van der Waals surface area contributed by atoms with Gasteiger partial charge >= 0.3 is 5.97 Å². The van der Waals surface area contributed by atoms with Gasteiger partial charge in [0.25, 0.3) is 10.1 Å². The van der Waals surface area contributed by atoms with Crippen LogP contribution in [0.3, 0.4) is 0 Å². The fraction of sp³-hybridized carbons (Fsp3) is 0.944. The molecule has 0 saturated carbocycles. The van der Waals surface area contributed by atoms with Gasteiger partial charge in [-0.25, -0.2) is 4.79 Å². The Balaban J connectivity index is 0. The smallest absolute Gasteiger partial charge is 0.359 e. The highest BCUT2D eigenvalue weighted by Crippen LogP contribution is 2.13. The lowest BCUT2D eigenvalue weighted by Gasteiger charge is -2.38. The molecule has 9 nitrogen and oxygen atoms in total. The summed E-state index contributed by atoms with van der Waals surface area (Å²) in [7, 11) is 1.58. The SMILES string of the molecule is CCCCCC[N+](CCO)(CCO)CCCS(=O)(=O)O.C[N+](C)(C)CC(=O)O. The third kappa shape index (κ3) is 20.0. The Morgan fingerprint density at radius 3 is 1.68 bits per heavy atom. The van der Waals surface area contributed by atoms with E-state index < -0.39 is 16.1 Å². The van der Waals surface area contributed by atoms with Crippen LogP contribution >= 0.6 is 0 Å². The molecule has 0 aliphatic rings. The molecule has 0 radical (unpaired) electrons. The van der Waals surface area contributed by atoms with Crippen molar-refractivity contribution >= 4 is 16.1 Å². The third-order valence-corrected chi connectivity index (χ3v) is 5.08. The summed E-state index contributed by atoms with van der Waals surface area (Å²) in [4.78, 5) is 10.00. The van der Waals surface area contributed by atoms with E-state index in [1.54, 1.807) is 0 Å². The van der Waals surface area contributed by atoms with E-state index in [0.29, 0.717) is 35.0 Å². The number of aliphatic carboxylic acids is 1. The summed E-state index contributed by atoms with van der Waals surface area (Å²) in [5, 5.41) is 26.7. The van der Waals surface area contributed by atoms with E-state index in [1.807, 2.05) is 21.1 Å². The van der Waals surface area contributed by atoms with Gasteiger partial charge in [0.1, 0.15) is 13.1 Å². The minimum Gasteiger partial charge on any atom is -0.477 e. The molecule has 0 unspecified atom stereocenters. The average Bonchev–Trinajstić information content (AvgIpc) is 2.49. The summed E-state index contributed by atoms with van der Waals surface area (Å²) in [5.74, 6) is -1.02. The summed E-state index contributed by atoms with van der Waals surface area (Å²) in [6.07, 6.45) is 4.74. The summed E-state index contributed by atoms with van der Waals surface area (Å²) < 4.78 is 31.4. The second kappa shape index (κ2) is 15.1. The Bertz CT molecular complexity index is 499. The Labute approximate surface area is 170 Å². The van der Waals surface area contributed by atoms with Gasteiger partial charge in [-0.3, -0.25) is 4.55 Å². The first-order valence-electron chi connectivity index (χ1n) is 9.85. The van der Waals surface area contributed by atoms with Gasteiger partial charge in [-0.2, -0.15) is 8.42 Å². The summed E-state index contributed by atoms with van der Waals surface area (Å²) in [6.45, 7) is 4.74. The van der Waals surface area contributed by atoms with Gasteiger partial charge in [-0.15, -0.1) is 0 Å². The monoisotopic (exact) mass is 430 g/mol. The molecular formula is C18H42N2O7S+2. The molecule has 0 heterocycles. The standard InChI is InChI=1S/C13H29NO5S.C5H11NO2/c1-2-3-4-5-7-14(9-11-15,10-12-16)8-6-13-20(17,18)19;1-6(2,3)4-5(7)8/h15-16H,2-13H2,1H3;4H2,1-3H3/p+2. The van der Waals surface area contributed by atoms with Crippen LogP contribution in [-0.2, 0) is 14.9 Å². The number of carboxylic acid groups (broad SMARTS) is 1. The first-order chi connectivity index (χ1) is 12.8. The Hall–Kier alpha value is -0.780. The van der Waals surface area contributed by atoms with Crippen LogP contribution in [0.5, 0.6) is 0 Å². The molecule has 0 fully saturated rings. The number of hydrogen-bond acceptors (Lipinski definition) is 5. The number of carbonyl (C=O) groups is 1. The molecule has 0 bridgehead atoms. The van der Waals surface area contributed by atoms with Crippen molar-refractivity contribution in [3.8, 4) is 0 Å². The van der Waals surface area contributed by atoms with Crippen molar-refractivity contribution in [1.82, 2.24) is 0 Å². The first kappa shape index (κ1) is 29.4. The molecule has 0 rings (SSSR count). The lowest BCUT2D eigenvalue weighted by Crippen LogP contribution is -2.53. The summed E-state index contributed by atoms with van der Waals surface area (Å²) >= 11 is 0. The van der Waals surface area contributed by atoms with Crippen molar-refractivity contribution in [2.75, 3.05) is 72.8 Å². The molecule has 0 amide bonds. The number of nitrogens with zero attached hydrogens (tertiary/aromatic N) is 2. The van der Waals surface area contributed by atoms with Crippen LogP contribution in [-0.4, -0.2) is 116 Å². The van der Waals surface area contributed by atoms with Crippen molar-refractivity contribution in [3.63, 3.8) is 0 Å². The normalized spacial score (nSPS) is 12.4. The van der Waals surface area contributed by atoms with E-state index in [4.69, 9.17) is 9.66 Å². The Kier molecular flexibility index (Phi) is 15.9. The van der Waals surface area contributed by atoms with Gasteiger partial charge in [0, 0.05) is 6.42 Å². The lowest BCUT2D eigenvalue weighted by atomic mass is 10.1. The lowest BCUT2D eigenvalue weighted by molar-refractivity contribution is -0.928. The minimum absolute atomic E-state index is 0.0135. The summed E-state index contributed by atoms with van der Waals surface area (Å²) in [6, 6.07) is 0. The fourth-order valence-corrected chi connectivity index (χ4v) is 3.45. The van der Waals surface area contributed by atoms with E-state index in [9.17, 15) is 23.4 Å². The molecule has 0 aromatic carbocycles. The van der Waals surface area contributed by atoms with Crippen LogP contribution in [0, 0.1) is 0 Å². The van der Waals surface area contributed by atoms with Gasteiger partial charge in [0.15, 0.2) is 6.54 Å². The van der Waals surface area contributed by atoms with E-state index >= 15 is 0 Å². The van der Waals surface area contributed by atoms with Crippen molar-refractivity contribution in [3.05, 3.63) is 0 Å². The average molecular weight is 431 g/mol. The quantitative estimate of drug-likeness (QED) is 0.168. The largest absolute Gasteiger partial charge is 0.477 e. The number of hydrogen-bond donors (Lipinski definition) is 4. The maximum absolute atomic E-state index is 10.8. The molecular weight excluding hydrogens is 388 g/mol. The maximum Gasteiger partial charge on any atom is 0.359 e. The number of unbranched alkanes of at least 4 members (excludes halogenated alkanes) is 3. The molecule has 0 aliphatic carbocycles. The van der Waals surface area contributed by atoms with Gasteiger partial charge in [0.05, 0.1) is 53.2 Å². The van der Waals surface area contributed by atoms with Crippen molar-refractivity contribution in [2.45, 2.75) is 39.0 Å². The molecule has 170 valence electrons. The predicted molar refractivity (Wildman–Crippen MR) is 110 cm³/mol. The third-order valence-electron chi connectivity index (χ3n) is 4.28. The minimum atomic E-state index is -3.94. The number of likely N-dealkylation sites (N-methyl/N-ethyl adjacent to an activating group) is 1. The molecule has 10 heteroatoms. The van der Waals surface area contributed by atoms with E-state index in [-0.39, 0.29) is 25.5 Å². The second-order valence-electron chi connectivity index (χ2n) is 8.23. The van der Waals surface area contributed by atoms with E-state index in [1.165, 1.54) is 0 Å². The van der Waals surface area contributed by atoms with Crippen LogP contribution in [0.2, 0.25) is 0 Å². The zero-order valence-electron chi connectivity index (χ0n) is 18.0. The zero-order valence-corrected chi connectivity index (χ0v) is 18.8. The van der Waals surface area contributed by atoms with Gasteiger partial charge in [0.2, 0.25) is 0 Å². The molecule has 0 spiro atoms. The molecule has 4 N–H and O–H groups in total. The van der Waals surface area contributed by atoms with Crippen molar-refractivity contribution < 1.29 is 42.1 Å². The second-order valence-corrected chi connectivity index (χ2v) is 9.80. The topological polar surface area (TPSA) is 132 Å². The zero-order chi connectivity index (χ0) is 22.3. The molecule has 0 aromatic heterocycles. The highest BCUT2D eigenvalue weighted by atomic mass is 32.2. The van der Waals surface area contributed by atoms with Gasteiger partial charge < -0.3 is 24.3 Å². The van der Waals surface area contributed by atoms with Crippen LogP contribution in [0.1, 0.15) is 39.0 Å². The number of aliphatic hydroxyl groups excluding tert-OH is 2. The molecule has 0 atom stereocenters. The van der Waals surface area contributed by atoms with Gasteiger partial charge in [-0.1, -0.05) is 19.8 Å². The van der Waals surface area contributed by atoms with Crippen molar-refractivity contribution in [2.24, 2.45) is 0 Å². The maximum atomic E-state index is 10.8. The fourth-order valence-electron chi connectivity index (χ4n) is 2.96. The Morgan fingerprint density at radius 1 is 0.857 bits per heavy atom. The van der Waals surface area contributed by atoms with E-state index in [2.05, 4.69) is 6.92 Å². The number of quaternary nitrogens is 2. The number of aliphatic hydroxyl groups is 2. The van der Waals surface area contributed by atoms with Gasteiger partial charge in [-0.05, 0) is 12.8 Å². The molecule has 0 aliphatic heterocycles. The molecule has 0 aromatic rings. The number of rotatable bonds is 15. The summed E-state index contributed by atoms with van der Waals surface area (Å²) in [5.41, 5.74) is 0. The van der Waals surface area contributed by atoms with Crippen LogP contribution in [0.4, 0.5) is 0 Å². The first-order valence-corrected chi connectivity index (χ1v) is 11.5. The number of carboxylic acids is 1. The Morgan fingerprint density at radius 2 is 1.36 bits per heavy atom.